The lowest BCUT2D eigenvalue weighted by atomic mass is 10.1. The van der Waals surface area contributed by atoms with Crippen LogP contribution in [0, 0.1) is 5.92 Å². The first kappa shape index (κ1) is 16.2. The highest BCUT2D eigenvalue weighted by atomic mass is 16.5. The molecular weight excluding hydrogens is 302 g/mol. The molecule has 0 radical (unpaired) electrons. The molecule has 1 amide bonds. The fourth-order valence-corrected chi connectivity index (χ4v) is 2.47. The summed E-state index contributed by atoms with van der Waals surface area (Å²) >= 11 is 0. The second kappa shape index (κ2) is 7.25. The van der Waals surface area contributed by atoms with Gasteiger partial charge in [-0.3, -0.25) is 9.78 Å². The molecule has 2 heterocycles. The number of pyridine rings is 1. The van der Waals surface area contributed by atoms with Crippen LogP contribution in [0.25, 0.3) is 0 Å². The van der Waals surface area contributed by atoms with Gasteiger partial charge in [0.2, 0.25) is 0 Å². The molecule has 5 heteroatoms. The Hall–Kier alpha value is -2.69. The molecule has 0 saturated carbocycles. The first-order valence-corrected chi connectivity index (χ1v) is 8.16. The molecule has 0 spiro atoms. The van der Waals surface area contributed by atoms with E-state index in [0.29, 0.717) is 24.6 Å². The van der Waals surface area contributed by atoms with Gasteiger partial charge < -0.3 is 4.74 Å². The molecular formula is C19H21N3O2. The minimum absolute atomic E-state index is 0.120. The lowest BCUT2D eigenvalue weighted by Crippen LogP contribution is -2.23. The SMILES string of the molecule is CC(C)COc1cccc(C2=NN(C(=O)c3cccnc3)CC2)c1. The Morgan fingerprint density at radius 2 is 2.17 bits per heavy atom. The van der Waals surface area contributed by atoms with E-state index in [0.717, 1.165) is 23.4 Å². The molecule has 1 aliphatic heterocycles. The molecule has 0 saturated heterocycles. The fourth-order valence-electron chi connectivity index (χ4n) is 2.47. The summed E-state index contributed by atoms with van der Waals surface area (Å²) in [5.41, 5.74) is 2.46. The summed E-state index contributed by atoms with van der Waals surface area (Å²) in [7, 11) is 0. The van der Waals surface area contributed by atoms with Crippen molar-refractivity contribution in [3.8, 4) is 5.75 Å². The van der Waals surface area contributed by atoms with E-state index in [-0.39, 0.29) is 5.91 Å². The summed E-state index contributed by atoms with van der Waals surface area (Å²) in [5, 5.41) is 6.00. The Morgan fingerprint density at radius 1 is 1.29 bits per heavy atom. The molecule has 1 aliphatic rings. The fraction of sp³-hybridized carbons (Fsp3) is 0.316. The molecule has 124 valence electrons. The normalized spacial score (nSPS) is 14.0. The largest absolute Gasteiger partial charge is 0.493 e. The number of hydrazone groups is 1. The van der Waals surface area contributed by atoms with Crippen molar-refractivity contribution in [1.29, 1.82) is 0 Å². The van der Waals surface area contributed by atoms with Crippen molar-refractivity contribution in [2.45, 2.75) is 20.3 Å². The number of nitrogens with zero attached hydrogens (tertiary/aromatic N) is 3. The van der Waals surface area contributed by atoms with Crippen molar-refractivity contribution in [1.82, 2.24) is 9.99 Å². The quantitative estimate of drug-likeness (QED) is 0.848. The highest BCUT2D eigenvalue weighted by Gasteiger charge is 2.23. The van der Waals surface area contributed by atoms with E-state index in [1.807, 2.05) is 24.3 Å². The standard InChI is InChI=1S/C19H21N3O2/c1-14(2)13-24-17-7-3-5-15(11-17)18-8-10-22(21-18)19(23)16-6-4-9-20-12-16/h3-7,9,11-12,14H,8,10,13H2,1-2H3. The maximum Gasteiger partial charge on any atom is 0.275 e. The number of hydrogen-bond acceptors (Lipinski definition) is 4. The van der Waals surface area contributed by atoms with Gasteiger partial charge in [-0.15, -0.1) is 0 Å². The van der Waals surface area contributed by atoms with E-state index in [1.54, 1.807) is 24.5 Å². The summed E-state index contributed by atoms with van der Waals surface area (Å²) in [4.78, 5) is 16.4. The molecule has 1 aromatic carbocycles. The zero-order valence-corrected chi connectivity index (χ0v) is 14.0. The van der Waals surface area contributed by atoms with Crippen LogP contribution in [-0.2, 0) is 0 Å². The summed E-state index contributed by atoms with van der Waals surface area (Å²) < 4.78 is 5.77. The molecule has 0 N–H and O–H groups in total. The predicted molar refractivity (Wildman–Crippen MR) is 93.2 cm³/mol. The van der Waals surface area contributed by atoms with Crippen LogP contribution in [0.5, 0.6) is 5.75 Å². The van der Waals surface area contributed by atoms with Gasteiger partial charge in [0.15, 0.2) is 0 Å². The second-order valence-corrected chi connectivity index (χ2v) is 6.20. The summed E-state index contributed by atoms with van der Waals surface area (Å²) in [6.45, 7) is 5.50. The number of amides is 1. The van der Waals surface area contributed by atoms with Crippen molar-refractivity contribution in [2.24, 2.45) is 11.0 Å². The molecule has 3 rings (SSSR count). The van der Waals surface area contributed by atoms with Crippen LogP contribution < -0.4 is 4.74 Å². The number of benzene rings is 1. The van der Waals surface area contributed by atoms with Gasteiger partial charge in [-0.25, -0.2) is 5.01 Å². The van der Waals surface area contributed by atoms with Crippen LogP contribution in [0.3, 0.4) is 0 Å². The van der Waals surface area contributed by atoms with E-state index in [9.17, 15) is 4.79 Å². The Morgan fingerprint density at radius 3 is 2.92 bits per heavy atom. The molecule has 24 heavy (non-hydrogen) atoms. The summed E-state index contributed by atoms with van der Waals surface area (Å²) in [6, 6.07) is 11.4. The van der Waals surface area contributed by atoms with E-state index in [2.05, 4.69) is 23.9 Å². The molecule has 2 aromatic rings. The summed E-state index contributed by atoms with van der Waals surface area (Å²) in [5.74, 6) is 1.19. The number of hydrogen-bond donors (Lipinski definition) is 0. The van der Waals surface area contributed by atoms with Crippen molar-refractivity contribution in [2.75, 3.05) is 13.2 Å². The maximum atomic E-state index is 12.4. The van der Waals surface area contributed by atoms with Crippen LogP contribution in [0.1, 0.15) is 36.2 Å². The first-order valence-electron chi connectivity index (χ1n) is 8.16. The second-order valence-electron chi connectivity index (χ2n) is 6.20. The van der Waals surface area contributed by atoms with Crippen LogP contribution >= 0.6 is 0 Å². The maximum absolute atomic E-state index is 12.4. The van der Waals surface area contributed by atoms with Gasteiger partial charge in [0.05, 0.1) is 24.4 Å². The Kier molecular flexibility index (Phi) is 4.89. The third kappa shape index (κ3) is 3.79. The van der Waals surface area contributed by atoms with Crippen LogP contribution in [0.2, 0.25) is 0 Å². The molecule has 0 aliphatic carbocycles. The molecule has 5 nitrogen and oxygen atoms in total. The van der Waals surface area contributed by atoms with E-state index in [4.69, 9.17) is 4.74 Å². The molecule has 0 atom stereocenters. The van der Waals surface area contributed by atoms with E-state index in [1.165, 1.54) is 5.01 Å². The minimum Gasteiger partial charge on any atom is -0.493 e. The van der Waals surface area contributed by atoms with E-state index >= 15 is 0 Å². The monoisotopic (exact) mass is 323 g/mol. The smallest absolute Gasteiger partial charge is 0.275 e. The van der Waals surface area contributed by atoms with Gasteiger partial charge >= 0.3 is 0 Å². The number of rotatable bonds is 5. The Bertz CT molecular complexity index is 741. The predicted octanol–water partition coefficient (Wildman–Crippen LogP) is 3.37. The van der Waals surface area contributed by atoms with Gasteiger partial charge in [-0.05, 0) is 30.2 Å². The minimum atomic E-state index is -0.120. The van der Waals surface area contributed by atoms with Gasteiger partial charge in [0.1, 0.15) is 5.75 Å². The van der Waals surface area contributed by atoms with Crippen LogP contribution in [-0.4, -0.2) is 34.8 Å². The van der Waals surface area contributed by atoms with Gasteiger partial charge in [0, 0.05) is 24.4 Å². The zero-order chi connectivity index (χ0) is 16.9. The van der Waals surface area contributed by atoms with Crippen molar-refractivity contribution < 1.29 is 9.53 Å². The Balaban J connectivity index is 1.74. The molecule has 0 unspecified atom stereocenters. The number of carbonyl (C=O) groups is 1. The van der Waals surface area contributed by atoms with Crippen LogP contribution in [0.4, 0.5) is 0 Å². The van der Waals surface area contributed by atoms with Gasteiger partial charge in [0.25, 0.3) is 5.91 Å². The average Bonchev–Trinajstić information content (AvgIpc) is 3.10. The van der Waals surface area contributed by atoms with Crippen LogP contribution in [0.15, 0.2) is 53.9 Å². The number of carbonyl (C=O) groups excluding carboxylic acids is 1. The Labute approximate surface area is 142 Å². The topological polar surface area (TPSA) is 54.8 Å². The van der Waals surface area contributed by atoms with Gasteiger partial charge in [-0.1, -0.05) is 26.0 Å². The average molecular weight is 323 g/mol. The van der Waals surface area contributed by atoms with E-state index < -0.39 is 0 Å². The molecule has 0 fully saturated rings. The molecule has 1 aromatic heterocycles. The zero-order valence-electron chi connectivity index (χ0n) is 14.0. The van der Waals surface area contributed by atoms with Gasteiger partial charge in [-0.2, -0.15) is 5.10 Å². The molecule has 0 bridgehead atoms. The number of aromatic nitrogens is 1. The lowest BCUT2D eigenvalue weighted by Gasteiger charge is -2.11. The highest BCUT2D eigenvalue weighted by Crippen LogP contribution is 2.20. The van der Waals surface area contributed by atoms with Crippen molar-refractivity contribution in [3.05, 3.63) is 59.9 Å². The highest BCUT2D eigenvalue weighted by molar-refractivity contribution is 6.04. The van der Waals surface area contributed by atoms with Crippen molar-refractivity contribution in [3.63, 3.8) is 0 Å². The number of ether oxygens (including phenoxy) is 1. The summed E-state index contributed by atoms with van der Waals surface area (Å²) in [6.07, 6.45) is 3.95. The lowest BCUT2D eigenvalue weighted by molar-refractivity contribution is 0.0778. The first-order chi connectivity index (χ1) is 11.6. The van der Waals surface area contributed by atoms with Crippen molar-refractivity contribution >= 4 is 11.6 Å². The third-order valence-corrected chi connectivity index (χ3v) is 3.70. The third-order valence-electron chi connectivity index (χ3n) is 3.70.